The van der Waals surface area contributed by atoms with Crippen LogP contribution in [0.15, 0.2) is 60.7 Å². The zero-order valence-electron chi connectivity index (χ0n) is 16.0. The van der Waals surface area contributed by atoms with Crippen LogP contribution in [-0.4, -0.2) is 17.6 Å². The molecule has 0 amide bonds. The van der Waals surface area contributed by atoms with E-state index >= 15 is 0 Å². The lowest BCUT2D eigenvalue weighted by molar-refractivity contribution is -0.140. The lowest BCUT2D eigenvalue weighted by atomic mass is 10.1. The molecule has 0 spiro atoms. The average Bonchev–Trinajstić information content (AvgIpc) is 2.99. The van der Waals surface area contributed by atoms with Crippen molar-refractivity contribution in [3.05, 3.63) is 77.4 Å². The van der Waals surface area contributed by atoms with Crippen LogP contribution in [0.25, 0.3) is 27.5 Å². The standard InChI is InChI=1S/C24H23NO2/c1-16-4-11-22-20(14-16)21-15-17(2)5-12-23(21)25(22)19-9-6-18(7-10-19)8-13-24(26)27-3/h4-7,9-12,14-15H,8,13H2,1-3H3. The predicted molar refractivity (Wildman–Crippen MR) is 111 cm³/mol. The number of carbonyl (C=O) groups excluding carboxylic acids is 1. The van der Waals surface area contributed by atoms with Gasteiger partial charge in [-0.05, 0) is 62.2 Å². The van der Waals surface area contributed by atoms with Crippen LogP contribution in [0.5, 0.6) is 0 Å². The summed E-state index contributed by atoms with van der Waals surface area (Å²) in [4.78, 5) is 11.4. The van der Waals surface area contributed by atoms with Crippen LogP contribution in [0.4, 0.5) is 0 Å². The highest BCUT2D eigenvalue weighted by molar-refractivity contribution is 6.09. The number of hydrogen-bond donors (Lipinski definition) is 0. The molecule has 0 saturated heterocycles. The number of hydrogen-bond acceptors (Lipinski definition) is 2. The van der Waals surface area contributed by atoms with Crippen molar-refractivity contribution in [1.82, 2.24) is 4.57 Å². The molecule has 4 rings (SSSR count). The first-order valence-corrected chi connectivity index (χ1v) is 9.24. The Balaban J connectivity index is 1.82. The fourth-order valence-electron chi connectivity index (χ4n) is 3.69. The van der Waals surface area contributed by atoms with E-state index in [0.717, 1.165) is 11.3 Å². The molecule has 3 heteroatoms. The molecule has 0 aliphatic rings. The van der Waals surface area contributed by atoms with Crippen molar-refractivity contribution in [1.29, 1.82) is 0 Å². The minimum Gasteiger partial charge on any atom is -0.469 e. The third-order valence-corrected chi connectivity index (χ3v) is 5.12. The van der Waals surface area contributed by atoms with E-state index in [1.165, 1.54) is 40.0 Å². The minimum absolute atomic E-state index is 0.174. The molecular formula is C24H23NO2. The number of methoxy groups -OCH3 is 1. The lowest BCUT2D eigenvalue weighted by Crippen LogP contribution is -2.02. The van der Waals surface area contributed by atoms with Gasteiger partial charge in [-0.3, -0.25) is 4.79 Å². The third-order valence-electron chi connectivity index (χ3n) is 5.12. The molecule has 0 radical (unpaired) electrons. The van der Waals surface area contributed by atoms with Gasteiger partial charge in [0.15, 0.2) is 0 Å². The molecule has 3 nitrogen and oxygen atoms in total. The van der Waals surface area contributed by atoms with Gasteiger partial charge in [-0.1, -0.05) is 35.4 Å². The smallest absolute Gasteiger partial charge is 0.305 e. The van der Waals surface area contributed by atoms with Gasteiger partial charge < -0.3 is 9.30 Å². The second-order valence-corrected chi connectivity index (χ2v) is 7.12. The molecule has 0 N–H and O–H groups in total. The molecule has 0 saturated carbocycles. The van der Waals surface area contributed by atoms with Crippen LogP contribution in [0.2, 0.25) is 0 Å². The molecule has 0 fully saturated rings. The molecule has 4 aromatic rings. The van der Waals surface area contributed by atoms with Crippen molar-refractivity contribution in [2.45, 2.75) is 26.7 Å². The number of fused-ring (bicyclic) bond motifs is 3. The summed E-state index contributed by atoms with van der Waals surface area (Å²) < 4.78 is 7.04. The van der Waals surface area contributed by atoms with E-state index in [1.807, 2.05) is 0 Å². The fraction of sp³-hybridized carbons (Fsp3) is 0.208. The molecule has 1 heterocycles. The van der Waals surface area contributed by atoms with Crippen LogP contribution >= 0.6 is 0 Å². The summed E-state index contributed by atoms with van der Waals surface area (Å²) in [6.07, 6.45) is 1.10. The van der Waals surface area contributed by atoms with Gasteiger partial charge in [0.25, 0.3) is 0 Å². The van der Waals surface area contributed by atoms with Crippen LogP contribution in [0.3, 0.4) is 0 Å². The summed E-state index contributed by atoms with van der Waals surface area (Å²) in [7, 11) is 1.43. The Morgan fingerprint density at radius 1 is 0.852 bits per heavy atom. The average molecular weight is 357 g/mol. The van der Waals surface area contributed by atoms with E-state index < -0.39 is 0 Å². The number of esters is 1. The molecule has 0 aliphatic carbocycles. The number of benzene rings is 3. The topological polar surface area (TPSA) is 31.2 Å². The molecule has 0 atom stereocenters. The maximum atomic E-state index is 11.4. The molecule has 0 bridgehead atoms. The van der Waals surface area contributed by atoms with Crippen molar-refractivity contribution in [2.75, 3.05) is 7.11 Å². The first-order valence-electron chi connectivity index (χ1n) is 9.24. The van der Waals surface area contributed by atoms with Crippen molar-refractivity contribution in [3.8, 4) is 5.69 Å². The van der Waals surface area contributed by atoms with Gasteiger partial charge >= 0.3 is 5.97 Å². The molecule has 136 valence electrons. The quantitative estimate of drug-likeness (QED) is 0.451. The highest BCUT2D eigenvalue weighted by Gasteiger charge is 2.12. The molecule has 1 aromatic heterocycles. The summed E-state index contributed by atoms with van der Waals surface area (Å²) in [5.74, 6) is -0.174. The highest BCUT2D eigenvalue weighted by atomic mass is 16.5. The summed E-state index contributed by atoms with van der Waals surface area (Å²) in [6.45, 7) is 4.27. The summed E-state index contributed by atoms with van der Waals surface area (Å²) >= 11 is 0. The number of aromatic nitrogens is 1. The van der Waals surface area contributed by atoms with E-state index in [9.17, 15) is 4.79 Å². The van der Waals surface area contributed by atoms with Crippen molar-refractivity contribution < 1.29 is 9.53 Å². The number of rotatable bonds is 4. The Kier molecular flexibility index (Phi) is 4.44. The summed E-state index contributed by atoms with van der Waals surface area (Å²) in [6, 6.07) is 21.7. The van der Waals surface area contributed by atoms with E-state index in [1.54, 1.807) is 0 Å². The van der Waals surface area contributed by atoms with Gasteiger partial charge in [-0.15, -0.1) is 0 Å². The Morgan fingerprint density at radius 2 is 1.41 bits per heavy atom. The first kappa shape index (κ1) is 17.3. The first-order chi connectivity index (χ1) is 13.1. The monoisotopic (exact) mass is 357 g/mol. The predicted octanol–water partition coefficient (Wildman–Crippen LogP) is 5.51. The van der Waals surface area contributed by atoms with E-state index in [2.05, 4.69) is 79.1 Å². The fourth-order valence-corrected chi connectivity index (χ4v) is 3.69. The third kappa shape index (κ3) is 3.21. The van der Waals surface area contributed by atoms with Gasteiger partial charge in [0.05, 0.1) is 18.1 Å². The number of aryl methyl sites for hydroxylation is 3. The normalized spacial score (nSPS) is 11.2. The molecular weight excluding hydrogens is 334 g/mol. The minimum atomic E-state index is -0.174. The number of nitrogens with zero attached hydrogens (tertiary/aromatic N) is 1. The molecule has 0 unspecified atom stereocenters. The Labute approximate surface area is 159 Å². The maximum Gasteiger partial charge on any atom is 0.305 e. The molecule has 0 aliphatic heterocycles. The molecule has 3 aromatic carbocycles. The van der Waals surface area contributed by atoms with Crippen LogP contribution in [-0.2, 0) is 16.0 Å². The van der Waals surface area contributed by atoms with Crippen LogP contribution in [0, 0.1) is 13.8 Å². The van der Waals surface area contributed by atoms with Crippen molar-refractivity contribution in [3.63, 3.8) is 0 Å². The van der Waals surface area contributed by atoms with Gasteiger partial charge in [-0.25, -0.2) is 0 Å². The summed E-state index contributed by atoms with van der Waals surface area (Å²) in [5, 5.41) is 2.56. The highest BCUT2D eigenvalue weighted by Crippen LogP contribution is 2.33. The molecule has 27 heavy (non-hydrogen) atoms. The van der Waals surface area contributed by atoms with Gasteiger partial charge in [-0.2, -0.15) is 0 Å². The van der Waals surface area contributed by atoms with Gasteiger partial charge in [0.1, 0.15) is 0 Å². The van der Waals surface area contributed by atoms with Gasteiger partial charge in [0.2, 0.25) is 0 Å². The van der Waals surface area contributed by atoms with Crippen molar-refractivity contribution in [2.24, 2.45) is 0 Å². The zero-order valence-corrected chi connectivity index (χ0v) is 16.0. The maximum absolute atomic E-state index is 11.4. The van der Waals surface area contributed by atoms with Crippen molar-refractivity contribution >= 4 is 27.8 Å². The van der Waals surface area contributed by atoms with Gasteiger partial charge in [0, 0.05) is 22.9 Å². The summed E-state index contributed by atoms with van der Waals surface area (Å²) in [5.41, 5.74) is 7.22. The van der Waals surface area contributed by atoms with E-state index in [-0.39, 0.29) is 5.97 Å². The lowest BCUT2D eigenvalue weighted by Gasteiger charge is -2.09. The number of ether oxygens (including phenoxy) is 1. The van der Waals surface area contributed by atoms with E-state index in [4.69, 9.17) is 4.74 Å². The zero-order chi connectivity index (χ0) is 19.0. The largest absolute Gasteiger partial charge is 0.469 e. The van der Waals surface area contributed by atoms with Crippen LogP contribution < -0.4 is 0 Å². The Bertz CT molecular complexity index is 1080. The Hall–Kier alpha value is -3.07. The Morgan fingerprint density at radius 3 is 1.93 bits per heavy atom. The second kappa shape index (κ2) is 6.92. The SMILES string of the molecule is COC(=O)CCc1ccc(-n2c3ccc(C)cc3c3cc(C)ccc32)cc1. The van der Waals surface area contributed by atoms with E-state index in [0.29, 0.717) is 12.8 Å². The second-order valence-electron chi connectivity index (χ2n) is 7.12. The van der Waals surface area contributed by atoms with Crippen LogP contribution in [0.1, 0.15) is 23.1 Å². The number of carbonyl (C=O) groups is 1.